The van der Waals surface area contributed by atoms with E-state index in [1.54, 1.807) is 0 Å². The number of unbranched alkanes of at least 4 members (excludes halogenated alkanes) is 18. The first kappa shape index (κ1) is 25.9. The van der Waals surface area contributed by atoms with Gasteiger partial charge in [0.2, 0.25) is 0 Å². The number of hydrogen-bond donors (Lipinski definition) is 2. The first-order chi connectivity index (χ1) is 12.9. The number of hydrogen-bond acceptors (Lipinski definition) is 2. The van der Waals surface area contributed by atoms with Gasteiger partial charge in [0.25, 0.3) is 0 Å². The lowest BCUT2D eigenvalue weighted by atomic mass is 10.1. The predicted molar refractivity (Wildman–Crippen MR) is 120 cm³/mol. The van der Waals surface area contributed by atoms with E-state index in [1.165, 1.54) is 128 Å². The molecule has 0 fully saturated rings. The molecule has 0 aliphatic carbocycles. The van der Waals surface area contributed by atoms with Crippen molar-refractivity contribution in [2.75, 3.05) is 13.1 Å². The van der Waals surface area contributed by atoms with Gasteiger partial charge in [0.1, 0.15) is 0 Å². The summed E-state index contributed by atoms with van der Waals surface area (Å²) in [5.41, 5.74) is 6.78. The van der Waals surface area contributed by atoms with Crippen molar-refractivity contribution >= 4 is 0 Å². The van der Waals surface area contributed by atoms with Gasteiger partial charge in [-0.3, -0.25) is 10.9 Å². The third-order valence-electron chi connectivity index (χ3n) is 5.44. The van der Waals surface area contributed by atoms with Crippen LogP contribution in [0.1, 0.15) is 142 Å². The van der Waals surface area contributed by atoms with Crippen LogP contribution in [-0.4, -0.2) is 13.1 Å². The summed E-state index contributed by atoms with van der Waals surface area (Å²) < 4.78 is 0. The van der Waals surface area contributed by atoms with E-state index < -0.39 is 0 Å². The van der Waals surface area contributed by atoms with Gasteiger partial charge in [-0.05, 0) is 12.8 Å². The maximum absolute atomic E-state index is 3.39. The summed E-state index contributed by atoms with van der Waals surface area (Å²) in [6.07, 6.45) is 28.4. The van der Waals surface area contributed by atoms with Crippen LogP contribution in [0.25, 0.3) is 0 Å². The molecule has 0 aliphatic heterocycles. The van der Waals surface area contributed by atoms with Crippen molar-refractivity contribution in [3.8, 4) is 0 Å². The van der Waals surface area contributed by atoms with Crippen molar-refractivity contribution < 1.29 is 0 Å². The summed E-state index contributed by atoms with van der Waals surface area (Å²) in [6, 6.07) is 0. The maximum Gasteiger partial charge on any atom is 0.00997 e. The molecule has 0 saturated heterocycles. The van der Waals surface area contributed by atoms with Crippen LogP contribution in [-0.2, 0) is 0 Å². The smallest absolute Gasteiger partial charge is 0.00997 e. The Kier molecular flexibility index (Phi) is 24.8. The monoisotopic (exact) mass is 368 g/mol. The molecule has 0 unspecified atom stereocenters. The Balaban J connectivity index is 2.95. The minimum Gasteiger partial charge on any atom is -0.258 e. The molecule has 0 aromatic carbocycles. The van der Waals surface area contributed by atoms with E-state index in [1.807, 2.05) is 0 Å². The van der Waals surface area contributed by atoms with Crippen LogP contribution < -0.4 is 10.9 Å². The predicted octanol–water partition coefficient (Wildman–Crippen LogP) is 7.92. The molecule has 0 aliphatic rings. The second kappa shape index (κ2) is 24.9. The molecule has 2 heteroatoms. The lowest BCUT2D eigenvalue weighted by molar-refractivity contribution is 0.477. The van der Waals surface area contributed by atoms with Gasteiger partial charge in [-0.2, -0.15) is 0 Å². The Morgan fingerprint density at radius 2 is 0.538 bits per heavy atom. The summed E-state index contributed by atoms with van der Waals surface area (Å²) in [7, 11) is 0. The van der Waals surface area contributed by atoms with Gasteiger partial charge >= 0.3 is 0 Å². The summed E-state index contributed by atoms with van der Waals surface area (Å²) in [5.74, 6) is 0. The van der Waals surface area contributed by atoms with Crippen LogP contribution in [0, 0.1) is 0 Å². The van der Waals surface area contributed by atoms with Crippen molar-refractivity contribution in [2.45, 2.75) is 142 Å². The molecule has 26 heavy (non-hydrogen) atoms. The highest BCUT2D eigenvalue weighted by Gasteiger charge is 1.94. The summed E-state index contributed by atoms with van der Waals surface area (Å²) in [4.78, 5) is 0. The summed E-state index contributed by atoms with van der Waals surface area (Å²) >= 11 is 0. The molecule has 0 atom stereocenters. The van der Waals surface area contributed by atoms with Crippen LogP contribution in [0.15, 0.2) is 0 Å². The number of nitrogens with one attached hydrogen (secondary N) is 2. The standard InChI is InChI=1S/C24H52N2/c1-3-5-7-9-11-13-15-17-19-21-23-25-26-24-22-20-18-16-14-12-10-8-6-4-2/h25-26H,3-24H2,1-2H3. The van der Waals surface area contributed by atoms with Crippen molar-refractivity contribution in [3.63, 3.8) is 0 Å². The van der Waals surface area contributed by atoms with Crippen LogP contribution in [0.2, 0.25) is 0 Å². The molecule has 0 amide bonds. The quantitative estimate of drug-likeness (QED) is 0.141. The van der Waals surface area contributed by atoms with E-state index in [0.717, 1.165) is 13.1 Å². The van der Waals surface area contributed by atoms with Crippen LogP contribution >= 0.6 is 0 Å². The van der Waals surface area contributed by atoms with Gasteiger partial charge in [0, 0.05) is 13.1 Å². The molecule has 0 aromatic rings. The minimum absolute atomic E-state index is 1.13. The van der Waals surface area contributed by atoms with Crippen molar-refractivity contribution in [2.24, 2.45) is 0 Å². The normalized spacial score (nSPS) is 11.3. The SMILES string of the molecule is CCCCCCCCCCCCNNCCCCCCCCCCCC. The summed E-state index contributed by atoms with van der Waals surface area (Å²) in [6.45, 7) is 6.85. The molecule has 0 spiro atoms. The van der Waals surface area contributed by atoms with Crippen molar-refractivity contribution in [3.05, 3.63) is 0 Å². The van der Waals surface area contributed by atoms with Gasteiger partial charge in [-0.1, -0.05) is 129 Å². The molecule has 2 nitrogen and oxygen atoms in total. The van der Waals surface area contributed by atoms with Crippen LogP contribution in [0.3, 0.4) is 0 Å². The molecule has 0 saturated carbocycles. The zero-order valence-corrected chi connectivity index (χ0v) is 18.6. The second-order valence-electron chi connectivity index (χ2n) is 8.22. The van der Waals surface area contributed by atoms with Crippen LogP contribution in [0.4, 0.5) is 0 Å². The van der Waals surface area contributed by atoms with Gasteiger partial charge < -0.3 is 0 Å². The fourth-order valence-electron chi connectivity index (χ4n) is 3.58. The van der Waals surface area contributed by atoms with E-state index >= 15 is 0 Å². The van der Waals surface area contributed by atoms with Gasteiger partial charge in [0.05, 0.1) is 0 Å². The second-order valence-corrected chi connectivity index (χ2v) is 8.22. The van der Waals surface area contributed by atoms with E-state index in [0.29, 0.717) is 0 Å². The van der Waals surface area contributed by atoms with Gasteiger partial charge in [0.15, 0.2) is 0 Å². The van der Waals surface area contributed by atoms with Crippen molar-refractivity contribution in [1.29, 1.82) is 0 Å². The Bertz CT molecular complexity index is 206. The fraction of sp³-hybridized carbons (Fsp3) is 1.00. The highest BCUT2D eigenvalue weighted by Crippen LogP contribution is 2.11. The Morgan fingerprint density at radius 3 is 0.808 bits per heavy atom. The average Bonchev–Trinajstić information content (AvgIpc) is 2.66. The molecular weight excluding hydrogens is 316 g/mol. The number of hydrazine groups is 1. The fourth-order valence-corrected chi connectivity index (χ4v) is 3.58. The lowest BCUT2D eigenvalue weighted by Gasteiger charge is -2.07. The highest BCUT2D eigenvalue weighted by molar-refractivity contribution is 4.51. The molecule has 0 heterocycles. The average molecular weight is 369 g/mol. The van der Waals surface area contributed by atoms with Gasteiger partial charge in [-0.15, -0.1) is 0 Å². The Labute approximate surface area is 166 Å². The third-order valence-corrected chi connectivity index (χ3v) is 5.44. The molecular formula is C24H52N2. The molecule has 158 valence electrons. The highest BCUT2D eigenvalue weighted by atomic mass is 15.3. The molecule has 0 bridgehead atoms. The van der Waals surface area contributed by atoms with Crippen molar-refractivity contribution in [1.82, 2.24) is 10.9 Å². The van der Waals surface area contributed by atoms with E-state index in [9.17, 15) is 0 Å². The number of rotatable bonds is 23. The van der Waals surface area contributed by atoms with E-state index in [2.05, 4.69) is 24.7 Å². The molecule has 2 N–H and O–H groups in total. The third kappa shape index (κ3) is 23.9. The molecule has 0 aromatic heterocycles. The van der Waals surface area contributed by atoms with Gasteiger partial charge in [-0.25, -0.2) is 0 Å². The Morgan fingerprint density at radius 1 is 0.308 bits per heavy atom. The molecule has 0 rings (SSSR count). The zero-order chi connectivity index (χ0) is 19.0. The Hall–Kier alpha value is -0.0800. The lowest BCUT2D eigenvalue weighted by Crippen LogP contribution is -2.33. The topological polar surface area (TPSA) is 24.1 Å². The first-order valence-corrected chi connectivity index (χ1v) is 12.4. The largest absolute Gasteiger partial charge is 0.258 e. The van der Waals surface area contributed by atoms with Crippen LogP contribution in [0.5, 0.6) is 0 Å². The zero-order valence-electron chi connectivity index (χ0n) is 18.6. The first-order valence-electron chi connectivity index (χ1n) is 12.4. The minimum atomic E-state index is 1.13. The molecule has 0 radical (unpaired) electrons. The van der Waals surface area contributed by atoms with E-state index in [4.69, 9.17) is 0 Å². The maximum atomic E-state index is 3.39. The summed E-state index contributed by atoms with van der Waals surface area (Å²) in [5, 5.41) is 0. The van der Waals surface area contributed by atoms with E-state index in [-0.39, 0.29) is 0 Å².